The summed E-state index contributed by atoms with van der Waals surface area (Å²) in [7, 11) is 1.61. The van der Waals surface area contributed by atoms with Crippen molar-refractivity contribution in [3.8, 4) is 5.75 Å². The Morgan fingerprint density at radius 3 is 2.94 bits per heavy atom. The van der Waals surface area contributed by atoms with Crippen molar-refractivity contribution in [1.82, 2.24) is 4.90 Å². The fraction of sp³-hybridized carbons (Fsp3) is 0.417. The van der Waals surface area contributed by atoms with Gasteiger partial charge in [0.15, 0.2) is 0 Å². The van der Waals surface area contributed by atoms with Crippen LogP contribution in [0.25, 0.3) is 0 Å². The predicted molar refractivity (Wildman–Crippen MR) is 62.6 cm³/mol. The molecule has 2 N–H and O–H groups in total. The van der Waals surface area contributed by atoms with Gasteiger partial charge in [0.25, 0.3) is 0 Å². The van der Waals surface area contributed by atoms with Gasteiger partial charge in [-0.2, -0.15) is 0 Å². The summed E-state index contributed by atoms with van der Waals surface area (Å²) < 4.78 is 10.2. The van der Waals surface area contributed by atoms with Crippen molar-refractivity contribution < 1.29 is 14.3 Å². The first-order chi connectivity index (χ1) is 8.24. The molecule has 1 heterocycles. The summed E-state index contributed by atoms with van der Waals surface area (Å²) in [5, 5.41) is 0. The third kappa shape index (κ3) is 2.50. The highest BCUT2D eigenvalue weighted by Crippen LogP contribution is 2.22. The fourth-order valence-electron chi connectivity index (χ4n) is 1.86. The molecule has 1 fully saturated rings. The first-order valence-corrected chi connectivity index (χ1v) is 5.52. The van der Waals surface area contributed by atoms with Crippen LogP contribution >= 0.6 is 0 Å². The van der Waals surface area contributed by atoms with Crippen LogP contribution in [0.4, 0.5) is 4.79 Å². The predicted octanol–water partition coefficient (Wildman–Crippen LogP) is 1.11. The zero-order valence-corrected chi connectivity index (χ0v) is 9.81. The fourth-order valence-corrected chi connectivity index (χ4v) is 1.86. The van der Waals surface area contributed by atoms with Crippen molar-refractivity contribution in [3.63, 3.8) is 0 Å². The van der Waals surface area contributed by atoms with Crippen LogP contribution in [-0.2, 0) is 17.8 Å². The van der Waals surface area contributed by atoms with E-state index in [1.54, 1.807) is 12.0 Å². The van der Waals surface area contributed by atoms with Crippen molar-refractivity contribution >= 4 is 6.09 Å². The van der Waals surface area contributed by atoms with Crippen LogP contribution in [0, 0.1) is 0 Å². The van der Waals surface area contributed by atoms with E-state index in [0.717, 1.165) is 16.9 Å². The second-order valence-electron chi connectivity index (χ2n) is 3.89. The minimum Gasteiger partial charge on any atom is -0.496 e. The summed E-state index contributed by atoms with van der Waals surface area (Å²) in [6, 6.07) is 5.76. The number of amides is 1. The summed E-state index contributed by atoms with van der Waals surface area (Å²) in [4.78, 5) is 13.0. The van der Waals surface area contributed by atoms with Crippen LogP contribution in [0.15, 0.2) is 18.2 Å². The molecule has 17 heavy (non-hydrogen) atoms. The zero-order chi connectivity index (χ0) is 12.3. The van der Waals surface area contributed by atoms with Gasteiger partial charge in [-0.25, -0.2) is 4.79 Å². The molecule has 0 atom stereocenters. The first kappa shape index (κ1) is 11.7. The van der Waals surface area contributed by atoms with Crippen LogP contribution in [0.2, 0.25) is 0 Å². The maximum absolute atomic E-state index is 11.4. The van der Waals surface area contributed by atoms with Gasteiger partial charge in [0.2, 0.25) is 0 Å². The SMILES string of the molecule is COc1ccc(CN)cc1CN1CCOC1=O. The molecule has 1 aliphatic heterocycles. The third-order valence-corrected chi connectivity index (χ3v) is 2.79. The molecule has 1 aliphatic rings. The number of hydrogen-bond donors (Lipinski definition) is 1. The molecule has 0 aromatic heterocycles. The molecule has 0 bridgehead atoms. The molecule has 92 valence electrons. The number of nitrogens with zero attached hydrogens (tertiary/aromatic N) is 1. The van der Waals surface area contributed by atoms with Crippen molar-refractivity contribution in [1.29, 1.82) is 0 Å². The maximum Gasteiger partial charge on any atom is 0.410 e. The van der Waals surface area contributed by atoms with Gasteiger partial charge in [0.05, 0.1) is 20.2 Å². The molecule has 5 heteroatoms. The Bertz CT molecular complexity index is 420. The number of carbonyl (C=O) groups excluding carboxylic acids is 1. The molecular formula is C12H16N2O3. The Hall–Kier alpha value is -1.75. The second kappa shape index (κ2) is 5.05. The summed E-state index contributed by atoms with van der Waals surface area (Å²) >= 11 is 0. The molecule has 5 nitrogen and oxygen atoms in total. The molecule has 0 aliphatic carbocycles. The van der Waals surface area contributed by atoms with E-state index in [4.69, 9.17) is 15.2 Å². The standard InChI is InChI=1S/C12H16N2O3/c1-16-11-3-2-9(7-13)6-10(11)8-14-4-5-17-12(14)15/h2-3,6H,4-5,7-8,13H2,1H3. The Balaban J connectivity index is 2.20. The van der Waals surface area contributed by atoms with Gasteiger partial charge in [-0.1, -0.05) is 6.07 Å². The van der Waals surface area contributed by atoms with E-state index in [-0.39, 0.29) is 6.09 Å². The maximum atomic E-state index is 11.4. The Morgan fingerprint density at radius 2 is 2.35 bits per heavy atom. The zero-order valence-electron chi connectivity index (χ0n) is 9.81. The van der Waals surface area contributed by atoms with E-state index in [1.165, 1.54) is 0 Å². The summed E-state index contributed by atoms with van der Waals surface area (Å²) in [5.74, 6) is 0.766. The molecular weight excluding hydrogens is 220 g/mol. The molecule has 0 spiro atoms. The van der Waals surface area contributed by atoms with Crippen molar-refractivity contribution in [2.24, 2.45) is 5.73 Å². The number of carbonyl (C=O) groups is 1. The van der Waals surface area contributed by atoms with Crippen molar-refractivity contribution in [2.75, 3.05) is 20.3 Å². The minimum atomic E-state index is -0.273. The Morgan fingerprint density at radius 1 is 1.53 bits per heavy atom. The second-order valence-corrected chi connectivity index (χ2v) is 3.89. The molecule has 0 saturated carbocycles. The average Bonchev–Trinajstić information content (AvgIpc) is 2.75. The van der Waals surface area contributed by atoms with Gasteiger partial charge in [-0.3, -0.25) is 0 Å². The number of methoxy groups -OCH3 is 1. The first-order valence-electron chi connectivity index (χ1n) is 5.52. The van der Waals surface area contributed by atoms with Crippen LogP contribution in [0.5, 0.6) is 5.75 Å². The highest BCUT2D eigenvalue weighted by atomic mass is 16.6. The van der Waals surface area contributed by atoms with Crippen molar-refractivity contribution in [2.45, 2.75) is 13.1 Å². The number of benzene rings is 1. The topological polar surface area (TPSA) is 64.8 Å². The lowest BCUT2D eigenvalue weighted by Gasteiger charge is -2.16. The van der Waals surface area contributed by atoms with E-state index in [1.807, 2.05) is 18.2 Å². The van der Waals surface area contributed by atoms with Crippen LogP contribution in [0.1, 0.15) is 11.1 Å². The van der Waals surface area contributed by atoms with Crippen LogP contribution in [-0.4, -0.2) is 31.3 Å². The monoisotopic (exact) mass is 236 g/mol. The molecule has 1 saturated heterocycles. The molecule has 1 amide bonds. The third-order valence-electron chi connectivity index (χ3n) is 2.79. The normalized spacial score (nSPS) is 14.9. The van der Waals surface area contributed by atoms with Gasteiger partial charge < -0.3 is 20.1 Å². The lowest BCUT2D eigenvalue weighted by molar-refractivity contribution is 0.157. The van der Waals surface area contributed by atoms with Crippen molar-refractivity contribution in [3.05, 3.63) is 29.3 Å². The highest BCUT2D eigenvalue weighted by molar-refractivity contribution is 5.69. The van der Waals surface area contributed by atoms with Gasteiger partial charge >= 0.3 is 6.09 Å². The van der Waals surface area contributed by atoms with Crippen LogP contribution < -0.4 is 10.5 Å². The number of ether oxygens (including phenoxy) is 2. The van der Waals surface area contributed by atoms with Gasteiger partial charge in [0, 0.05) is 12.1 Å². The van der Waals surface area contributed by atoms with E-state index >= 15 is 0 Å². The van der Waals surface area contributed by atoms with E-state index in [2.05, 4.69) is 0 Å². The van der Waals surface area contributed by atoms with E-state index in [0.29, 0.717) is 26.2 Å². The summed E-state index contributed by atoms with van der Waals surface area (Å²) in [5.41, 5.74) is 7.57. The van der Waals surface area contributed by atoms with E-state index < -0.39 is 0 Å². The molecule has 1 aromatic rings. The molecule has 2 rings (SSSR count). The number of rotatable bonds is 4. The smallest absolute Gasteiger partial charge is 0.410 e. The minimum absolute atomic E-state index is 0.273. The number of cyclic esters (lactones) is 1. The van der Waals surface area contributed by atoms with E-state index in [9.17, 15) is 4.79 Å². The number of hydrogen-bond acceptors (Lipinski definition) is 4. The van der Waals surface area contributed by atoms with Crippen LogP contribution in [0.3, 0.4) is 0 Å². The Kier molecular flexibility index (Phi) is 3.49. The molecule has 0 unspecified atom stereocenters. The average molecular weight is 236 g/mol. The summed E-state index contributed by atoms with van der Waals surface area (Å²) in [6.07, 6.45) is -0.273. The lowest BCUT2D eigenvalue weighted by atomic mass is 10.1. The quantitative estimate of drug-likeness (QED) is 0.850. The largest absolute Gasteiger partial charge is 0.496 e. The van der Waals surface area contributed by atoms with Gasteiger partial charge in [0.1, 0.15) is 12.4 Å². The van der Waals surface area contributed by atoms with Gasteiger partial charge in [-0.15, -0.1) is 0 Å². The summed E-state index contributed by atoms with van der Waals surface area (Å²) in [6.45, 7) is 2.05. The lowest BCUT2D eigenvalue weighted by Crippen LogP contribution is -2.23. The number of nitrogens with two attached hydrogens (primary N) is 1. The molecule has 1 aromatic carbocycles. The molecule has 0 radical (unpaired) electrons. The van der Waals surface area contributed by atoms with Gasteiger partial charge in [-0.05, 0) is 17.7 Å². The Labute approximate surface area is 100 Å². The highest BCUT2D eigenvalue weighted by Gasteiger charge is 2.23.